The molecule has 18 heavy (non-hydrogen) atoms. The highest BCUT2D eigenvalue weighted by molar-refractivity contribution is 9.10. The van der Waals surface area contributed by atoms with Gasteiger partial charge in [0.05, 0.1) is 6.21 Å². The zero-order chi connectivity index (χ0) is 13.0. The fourth-order valence-corrected chi connectivity index (χ4v) is 1.57. The van der Waals surface area contributed by atoms with Crippen LogP contribution in [0, 0.1) is 5.82 Å². The number of halogens is 2. The van der Waals surface area contributed by atoms with E-state index < -0.39 is 11.7 Å². The minimum atomic E-state index is -0.489. The molecule has 1 heterocycles. The Bertz CT molecular complexity index is 595. The monoisotopic (exact) mass is 310 g/mol. The lowest BCUT2D eigenvalue weighted by molar-refractivity contribution is 0.0954. The summed E-state index contributed by atoms with van der Waals surface area (Å²) in [4.78, 5) is 11.6. The third kappa shape index (κ3) is 3.27. The molecule has 0 aliphatic rings. The minimum absolute atomic E-state index is 0.202. The van der Waals surface area contributed by atoms with Crippen LogP contribution in [0.2, 0.25) is 0 Å². The highest BCUT2D eigenvalue weighted by atomic mass is 79.9. The molecule has 2 aromatic rings. The molecule has 2 rings (SSSR count). The maximum atomic E-state index is 12.9. The Balaban J connectivity index is 1.98. The number of hydrogen-bond donors (Lipinski definition) is 1. The molecule has 0 radical (unpaired) electrons. The lowest BCUT2D eigenvalue weighted by Crippen LogP contribution is -2.17. The zero-order valence-corrected chi connectivity index (χ0v) is 10.6. The predicted molar refractivity (Wildman–Crippen MR) is 67.9 cm³/mol. The highest BCUT2D eigenvalue weighted by Gasteiger charge is 2.04. The lowest BCUT2D eigenvalue weighted by Gasteiger charge is -1.98. The van der Waals surface area contributed by atoms with Crippen molar-refractivity contribution >= 4 is 28.1 Å². The van der Waals surface area contributed by atoms with Crippen molar-refractivity contribution in [2.45, 2.75) is 0 Å². The van der Waals surface area contributed by atoms with E-state index in [1.165, 1.54) is 24.4 Å². The van der Waals surface area contributed by atoms with E-state index in [4.69, 9.17) is 4.42 Å². The molecule has 1 aromatic heterocycles. The number of furan rings is 1. The van der Waals surface area contributed by atoms with Crippen molar-refractivity contribution < 1.29 is 13.6 Å². The van der Waals surface area contributed by atoms with Crippen molar-refractivity contribution in [3.05, 3.63) is 58.2 Å². The molecule has 6 heteroatoms. The topological polar surface area (TPSA) is 54.6 Å². The van der Waals surface area contributed by atoms with Gasteiger partial charge in [-0.3, -0.25) is 4.79 Å². The molecule has 0 unspecified atom stereocenters. The molecule has 0 saturated heterocycles. The first-order valence-corrected chi connectivity index (χ1v) is 5.79. The van der Waals surface area contributed by atoms with Gasteiger partial charge in [0.2, 0.25) is 0 Å². The maximum Gasteiger partial charge on any atom is 0.271 e. The van der Waals surface area contributed by atoms with E-state index in [0.717, 1.165) is 6.07 Å². The summed E-state index contributed by atoms with van der Waals surface area (Å²) in [5, 5.41) is 3.70. The lowest BCUT2D eigenvalue weighted by atomic mass is 10.2. The fourth-order valence-electron chi connectivity index (χ4n) is 1.25. The summed E-state index contributed by atoms with van der Waals surface area (Å²) in [5.74, 6) is -0.473. The van der Waals surface area contributed by atoms with Gasteiger partial charge in [0.15, 0.2) is 4.67 Å². The molecule has 0 aliphatic carbocycles. The number of benzene rings is 1. The molecule has 1 N–H and O–H groups in total. The van der Waals surface area contributed by atoms with Crippen molar-refractivity contribution in [1.29, 1.82) is 0 Å². The van der Waals surface area contributed by atoms with Crippen LogP contribution >= 0.6 is 15.9 Å². The van der Waals surface area contributed by atoms with Gasteiger partial charge in [0, 0.05) is 5.56 Å². The van der Waals surface area contributed by atoms with Crippen LogP contribution in [0.4, 0.5) is 4.39 Å². The number of hydrazone groups is 1. The second kappa shape index (κ2) is 5.59. The summed E-state index contributed by atoms with van der Waals surface area (Å²) in [5.41, 5.74) is 2.47. The van der Waals surface area contributed by atoms with Crippen LogP contribution in [-0.4, -0.2) is 12.1 Å². The Kier molecular flexibility index (Phi) is 3.88. The van der Waals surface area contributed by atoms with Crippen LogP contribution in [0.15, 0.2) is 50.6 Å². The summed E-state index contributed by atoms with van der Waals surface area (Å²) in [6.45, 7) is 0. The summed E-state index contributed by atoms with van der Waals surface area (Å²) < 4.78 is 18.6. The Morgan fingerprint density at radius 1 is 1.39 bits per heavy atom. The van der Waals surface area contributed by atoms with E-state index in [9.17, 15) is 9.18 Å². The summed E-state index contributed by atoms with van der Waals surface area (Å²) >= 11 is 3.14. The van der Waals surface area contributed by atoms with Crippen molar-refractivity contribution in [2.75, 3.05) is 0 Å². The van der Waals surface area contributed by atoms with Crippen molar-refractivity contribution in [1.82, 2.24) is 5.43 Å². The number of carbonyl (C=O) groups is 1. The zero-order valence-electron chi connectivity index (χ0n) is 9.06. The molecule has 0 bridgehead atoms. The third-order valence-electron chi connectivity index (χ3n) is 2.04. The van der Waals surface area contributed by atoms with E-state index in [1.807, 2.05) is 0 Å². The van der Waals surface area contributed by atoms with Crippen LogP contribution in [0.1, 0.15) is 16.1 Å². The average molecular weight is 311 g/mol. The molecular formula is C12H8BrFN2O2. The quantitative estimate of drug-likeness (QED) is 0.700. The molecule has 1 amide bonds. The van der Waals surface area contributed by atoms with Crippen LogP contribution in [0.5, 0.6) is 0 Å². The van der Waals surface area contributed by atoms with Gasteiger partial charge in [0.25, 0.3) is 5.91 Å². The smallest absolute Gasteiger partial charge is 0.271 e. The molecule has 0 spiro atoms. The van der Waals surface area contributed by atoms with Gasteiger partial charge in [-0.25, -0.2) is 9.82 Å². The van der Waals surface area contributed by atoms with E-state index in [1.54, 1.807) is 12.1 Å². The Morgan fingerprint density at radius 2 is 2.22 bits per heavy atom. The van der Waals surface area contributed by atoms with E-state index >= 15 is 0 Å². The van der Waals surface area contributed by atoms with Gasteiger partial charge in [0.1, 0.15) is 11.6 Å². The first-order valence-electron chi connectivity index (χ1n) is 4.99. The average Bonchev–Trinajstić information content (AvgIpc) is 2.75. The van der Waals surface area contributed by atoms with Crippen molar-refractivity contribution in [3.8, 4) is 0 Å². The van der Waals surface area contributed by atoms with Gasteiger partial charge in [-0.15, -0.1) is 0 Å². The second-order valence-electron chi connectivity index (χ2n) is 3.35. The molecule has 4 nitrogen and oxygen atoms in total. The van der Waals surface area contributed by atoms with Gasteiger partial charge in [-0.1, -0.05) is 6.07 Å². The van der Waals surface area contributed by atoms with Crippen LogP contribution in [0.25, 0.3) is 0 Å². The van der Waals surface area contributed by atoms with Gasteiger partial charge >= 0.3 is 0 Å². The minimum Gasteiger partial charge on any atom is -0.448 e. The number of rotatable bonds is 3. The Labute approximate surface area is 111 Å². The first-order chi connectivity index (χ1) is 8.65. The molecule has 1 aromatic carbocycles. The Morgan fingerprint density at radius 3 is 2.89 bits per heavy atom. The third-order valence-corrected chi connectivity index (χ3v) is 2.46. The van der Waals surface area contributed by atoms with Gasteiger partial charge in [-0.2, -0.15) is 5.10 Å². The maximum absolute atomic E-state index is 12.9. The predicted octanol–water partition coefficient (Wildman–Crippen LogP) is 2.95. The van der Waals surface area contributed by atoms with Crippen molar-refractivity contribution in [3.63, 3.8) is 0 Å². The van der Waals surface area contributed by atoms with Crippen LogP contribution in [0.3, 0.4) is 0 Å². The normalized spacial score (nSPS) is 10.8. The molecule has 92 valence electrons. The largest absolute Gasteiger partial charge is 0.448 e. The number of carbonyl (C=O) groups excluding carboxylic acids is 1. The molecule has 0 saturated carbocycles. The molecule has 0 atom stereocenters. The second-order valence-corrected chi connectivity index (χ2v) is 4.13. The number of amides is 1. The molecule has 0 aliphatic heterocycles. The number of nitrogens with zero attached hydrogens (tertiary/aromatic N) is 1. The first kappa shape index (κ1) is 12.5. The summed E-state index contributed by atoms with van der Waals surface area (Å²) in [6.07, 6.45) is 1.35. The SMILES string of the molecule is O=C(NN=Cc1ccc(Br)o1)c1cccc(F)c1. The van der Waals surface area contributed by atoms with E-state index in [-0.39, 0.29) is 5.56 Å². The van der Waals surface area contributed by atoms with Gasteiger partial charge in [-0.05, 0) is 46.3 Å². The summed E-state index contributed by atoms with van der Waals surface area (Å²) in [7, 11) is 0. The van der Waals surface area contributed by atoms with E-state index in [0.29, 0.717) is 10.4 Å². The molecular weight excluding hydrogens is 303 g/mol. The standard InChI is InChI=1S/C12H8BrFN2O2/c13-11-5-4-10(18-11)7-15-16-12(17)8-2-1-3-9(14)6-8/h1-7H,(H,16,17). The van der Waals surface area contributed by atoms with Crippen LogP contribution in [-0.2, 0) is 0 Å². The number of nitrogens with one attached hydrogen (secondary N) is 1. The number of hydrogen-bond acceptors (Lipinski definition) is 3. The van der Waals surface area contributed by atoms with Crippen LogP contribution < -0.4 is 5.43 Å². The fraction of sp³-hybridized carbons (Fsp3) is 0. The molecule has 0 fully saturated rings. The summed E-state index contributed by atoms with van der Waals surface area (Å²) in [6, 6.07) is 8.74. The van der Waals surface area contributed by atoms with Gasteiger partial charge < -0.3 is 4.42 Å². The van der Waals surface area contributed by atoms with E-state index in [2.05, 4.69) is 26.5 Å². The Hall–Kier alpha value is -1.95. The van der Waals surface area contributed by atoms with Crippen molar-refractivity contribution in [2.24, 2.45) is 5.10 Å². The highest BCUT2D eigenvalue weighted by Crippen LogP contribution is 2.12.